The Morgan fingerprint density at radius 2 is 2.20 bits per heavy atom. The summed E-state index contributed by atoms with van der Waals surface area (Å²) in [5.74, 6) is -1.31. The molecule has 1 atom stereocenters. The lowest BCUT2D eigenvalue weighted by Gasteiger charge is -2.07. The van der Waals surface area contributed by atoms with Crippen molar-refractivity contribution in [2.45, 2.75) is 5.50 Å². The van der Waals surface area contributed by atoms with E-state index in [0.29, 0.717) is 6.41 Å². The van der Waals surface area contributed by atoms with Gasteiger partial charge in [-0.25, -0.2) is 4.39 Å². The molecular weight excluding hydrogens is 244 g/mol. The van der Waals surface area contributed by atoms with Gasteiger partial charge in [0.15, 0.2) is 5.50 Å². The molecule has 1 aromatic carbocycles. The zero-order chi connectivity index (χ0) is 11.4. The number of alkyl halides is 1. The summed E-state index contributed by atoms with van der Waals surface area (Å²) in [5.41, 5.74) is -1.16. The Kier molecular flexibility index (Phi) is 4.05. The summed E-state index contributed by atoms with van der Waals surface area (Å²) in [7, 11) is 0. The fourth-order valence-electron chi connectivity index (χ4n) is 0.931. The van der Waals surface area contributed by atoms with Crippen LogP contribution in [-0.4, -0.2) is 17.7 Å². The molecule has 1 aromatic rings. The van der Waals surface area contributed by atoms with Gasteiger partial charge < -0.3 is 5.32 Å². The fraction of sp³-hybridized carbons (Fsp3) is 0.111. The molecule has 0 spiro atoms. The first-order valence-corrected chi connectivity index (χ1v) is 4.70. The monoisotopic (exact) mass is 249 g/mol. The number of nitrogens with one attached hydrogen (secondary N) is 1. The SMILES string of the molecule is O=CNC(Cl)C(=O)c1ccc(Cl)c(F)c1. The van der Waals surface area contributed by atoms with Gasteiger partial charge in [-0.05, 0) is 18.2 Å². The lowest BCUT2D eigenvalue weighted by molar-refractivity contribution is -0.109. The van der Waals surface area contributed by atoms with Crippen LogP contribution in [0.15, 0.2) is 18.2 Å². The number of hydrogen-bond donors (Lipinski definition) is 1. The predicted molar refractivity (Wildman–Crippen MR) is 54.6 cm³/mol. The second-order valence-electron chi connectivity index (χ2n) is 2.64. The molecule has 0 heterocycles. The van der Waals surface area contributed by atoms with E-state index >= 15 is 0 Å². The van der Waals surface area contributed by atoms with Gasteiger partial charge in [0.1, 0.15) is 5.82 Å². The van der Waals surface area contributed by atoms with E-state index in [1.807, 2.05) is 0 Å². The Morgan fingerprint density at radius 1 is 1.53 bits per heavy atom. The molecule has 0 saturated carbocycles. The van der Waals surface area contributed by atoms with E-state index in [0.717, 1.165) is 6.07 Å². The summed E-state index contributed by atoms with van der Waals surface area (Å²) in [5, 5.41) is 1.98. The van der Waals surface area contributed by atoms with E-state index in [4.69, 9.17) is 23.2 Å². The van der Waals surface area contributed by atoms with Gasteiger partial charge in [0, 0.05) is 5.56 Å². The minimum absolute atomic E-state index is 0.0475. The first-order valence-electron chi connectivity index (χ1n) is 3.89. The van der Waals surface area contributed by atoms with Crippen molar-refractivity contribution in [2.75, 3.05) is 0 Å². The van der Waals surface area contributed by atoms with Gasteiger partial charge in [0.25, 0.3) is 0 Å². The Bertz CT molecular complexity index is 398. The van der Waals surface area contributed by atoms with Gasteiger partial charge in [-0.15, -0.1) is 0 Å². The summed E-state index contributed by atoms with van der Waals surface area (Å²) >= 11 is 10.9. The molecule has 3 nitrogen and oxygen atoms in total. The molecular formula is C9H6Cl2FNO2. The Balaban J connectivity index is 2.91. The molecule has 0 fully saturated rings. The molecule has 1 amide bonds. The highest BCUT2D eigenvalue weighted by Crippen LogP contribution is 2.17. The number of rotatable bonds is 4. The molecule has 1 N–H and O–H groups in total. The van der Waals surface area contributed by atoms with Gasteiger partial charge in [-0.1, -0.05) is 23.2 Å². The molecule has 0 radical (unpaired) electrons. The molecule has 15 heavy (non-hydrogen) atoms. The van der Waals surface area contributed by atoms with Crippen LogP contribution in [0.25, 0.3) is 0 Å². The summed E-state index contributed by atoms with van der Waals surface area (Å²) < 4.78 is 13.0. The quantitative estimate of drug-likeness (QED) is 0.384. The van der Waals surface area contributed by atoms with Crippen molar-refractivity contribution in [3.8, 4) is 0 Å². The Labute approximate surface area is 95.2 Å². The molecule has 6 heteroatoms. The van der Waals surface area contributed by atoms with Gasteiger partial charge in [-0.3, -0.25) is 9.59 Å². The van der Waals surface area contributed by atoms with Crippen LogP contribution in [0.2, 0.25) is 5.02 Å². The van der Waals surface area contributed by atoms with Crippen LogP contribution in [0.1, 0.15) is 10.4 Å². The first-order chi connectivity index (χ1) is 7.06. The van der Waals surface area contributed by atoms with Crippen LogP contribution in [0.5, 0.6) is 0 Å². The number of halogens is 3. The van der Waals surface area contributed by atoms with Crippen LogP contribution in [0.4, 0.5) is 4.39 Å². The largest absolute Gasteiger partial charge is 0.336 e. The van der Waals surface area contributed by atoms with E-state index in [1.165, 1.54) is 12.1 Å². The molecule has 0 bridgehead atoms. The first kappa shape index (κ1) is 11.9. The number of ketones is 1. The van der Waals surface area contributed by atoms with Crippen LogP contribution in [0, 0.1) is 5.82 Å². The second-order valence-corrected chi connectivity index (χ2v) is 3.48. The molecule has 0 saturated heterocycles. The van der Waals surface area contributed by atoms with Crippen LogP contribution >= 0.6 is 23.2 Å². The van der Waals surface area contributed by atoms with E-state index in [2.05, 4.69) is 5.32 Å². The highest BCUT2D eigenvalue weighted by molar-refractivity contribution is 6.34. The lowest BCUT2D eigenvalue weighted by Crippen LogP contribution is -2.30. The number of carbonyl (C=O) groups is 2. The Hall–Kier alpha value is -1.13. The van der Waals surface area contributed by atoms with Crippen molar-refractivity contribution in [1.82, 2.24) is 5.32 Å². The smallest absolute Gasteiger partial charge is 0.208 e. The average Bonchev–Trinajstić information content (AvgIpc) is 2.21. The van der Waals surface area contributed by atoms with Crippen LogP contribution < -0.4 is 5.32 Å². The zero-order valence-corrected chi connectivity index (χ0v) is 8.85. The molecule has 0 aliphatic carbocycles. The molecule has 0 aromatic heterocycles. The van der Waals surface area contributed by atoms with E-state index in [9.17, 15) is 14.0 Å². The summed E-state index contributed by atoms with van der Waals surface area (Å²) in [6.07, 6.45) is 0.293. The number of benzene rings is 1. The molecule has 80 valence electrons. The lowest BCUT2D eigenvalue weighted by atomic mass is 10.1. The fourth-order valence-corrected chi connectivity index (χ4v) is 1.23. The number of hydrogen-bond acceptors (Lipinski definition) is 2. The van der Waals surface area contributed by atoms with E-state index in [-0.39, 0.29) is 10.6 Å². The van der Waals surface area contributed by atoms with Gasteiger partial charge in [0.05, 0.1) is 5.02 Å². The third-order valence-corrected chi connectivity index (χ3v) is 2.28. The van der Waals surface area contributed by atoms with Crippen molar-refractivity contribution >= 4 is 35.4 Å². The van der Waals surface area contributed by atoms with Crippen molar-refractivity contribution in [1.29, 1.82) is 0 Å². The normalized spacial score (nSPS) is 11.9. The maximum atomic E-state index is 13.0. The van der Waals surface area contributed by atoms with Gasteiger partial charge >= 0.3 is 0 Å². The maximum Gasteiger partial charge on any atom is 0.208 e. The molecule has 0 aliphatic rings. The number of Topliss-reactive ketones (excluding diaryl/α,β-unsaturated/α-hetero) is 1. The average molecular weight is 250 g/mol. The van der Waals surface area contributed by atoms with Crippen molar-refractivity contribution in [2.24, 2.45) is 0 Å². The van der Waals surface area contributed by atoms with E-state index < -0.39 is 17.1 Å². The highest BCUT2D eigenvalue weighted by atomic mass is 35.5. The van der Waals surface area contributed by atoms with Crippen LogP contribution in [-0.2, 0) is 4.79 Å². The summed E-state index contributed by atoms with van der Waals surface area (Å²) in [6, 6.07) is 3.54. The molecule has 1 rings (SSSR count). The minimum Gasteiger partial charge on any atom is -0.336 e. The van der Waals surface area contributed by atoms with Crippen molar-refractivity contribution in [3.63, 3.8) is 0 Å². The summed E-state index contributed by atoms with van der Waals surface area (Å²) in [4.78, 5) is 21.5. The standard InChI is InChI=1S/C9H6Cl2FNO2/c10-6-2-1-5(3-7(6)12)8(15)9(11)13-4-14/h1-4,9H,(H,13,14). The molecule has 1 unspecified atom stereocenters. The highest BCUT2D eigenvalue weighted by Gasteiger charge is 2.17. The van der Waals surface area contributed by atoms with Crippen molar-refractivity contribution in [3.05, 3.63) is 34.6 Å². The third kappa shape index (κ3) is 2.91. The topological polar surface area (TPSA) is 46.2 Å². The van der Waals surface area contributed by atoms with Gasteiger partial charge in [0.2, 0.25) is 12.2 Å². The Morgan fingerprint density at radius 3 is 2.73 bits per heavy atom. The molecule has 0 aliphatic heterocycles. The van der Waals surface area contributed by atoms with Gasteiger partial charge in [-0.2, -0.15) is 0 Å². The van der Waals surface area contributed by atoms with Crippen LogP contribution in [0.3, 0.4) is 0 Å². The van der Waals surface area contributed by atoms with E-state index in [1.54, 1.807) is 0 Å². The number of amides is 1. The summed E-state index contributed by atoms with van der Waals surface area (Å²) in [6.45, 7) is 0. The van der Waals surface area contributed by atoms with Crippen molar-refractivity contribution < 1.29 is 14.0 Å². The maximum absolute atomic E-state index is 13.0. The zero-order valence-electron chi connectivity index (χ0n) is 7.34. The number of carbonyl (C=O) groups excluding carboxylic acids is 2. The predicted octanol–water partition coefficient (Wildman–Crippen LogP) is 1.97. The third-order valence-electron chi connectivity index (χ3n) is 1.65. The minimum atomic E-state index is -1.21. The second kappa shape index (κ2) is 5.09.